The third-order valence-electron chi connectivity index (χ3n) is 5.67. The fourth-order valence-corrected chi connectivity index (χ4v) is 4.35. The summed E-state index contributed by atoms with van der Waals surface area (Å²) in [5.41, 5.74) is 10.3. The van der Waals surface area contributed by atoms with Crippen molar-refractivity contribution in [3.63, 3.8) is 0 Å². The van der Waals surface area contributed by atoms with Crippen LogP contribution in [0, 0.1) is 20.8 Å². The molecule has 0 atom stereocenters. The van der Waals surface area contributed by atoms with Gasteiger partial charge in [-0.1, -0.05) is 30.3 Å². The van der Waals surface area contributed by atoms with Crippen molar-refractivity contribution >= 4 is 0 Å². The van der Waals surface area contributed by atoms with Crippen molar-refractivity contribution in [1.29, 1.82) is 0 Å². The fourth-order valence-electron chi connectivity index (χ4n) is 4.35. The Kier molecular flexibility index (Phi) is 4.02. The van der Waals surface area contributed by atoms with Gasteiger partial charge in [0.1, 0.15) is 18.7 Å². The molecule has 4 nitrogen and oxygen atoms in total. The second-order valence-corrected chi connectivity index (χ2v) is 7.83. The summed E-state index contributed by atoms with van der Waals surface area (Å²) in [6, 6.07) is 17.7. The Morgan fingerprint density at radius 1 is 0.759 bits per heavy atom. The Morgan fingerprint density at radius 2 is 1.52 bits per heavy atom. The summed E-state index contributed by atoms with van der Waals surface area (Å²) in [6.07, 6.45) is 3.12. The average molecular weight is 379 g/mol. The van der Waals surface area contributed by atoms with E-state index >= 15 is 0 Å². The van der Waals surface area contributed by atoms with Crippen molar-refractivity contribution in [2.45, 2.75) is 27.2 Å². The standard InChI is InChI=1S/C25H23N4/c1-15-11-20-12-18-7-5-6-8-21(18)23(20)13-22(15)24-10-9-19(14-29(24)4)25-27-16(2)26-17(3)28-25/h5-11,13-14H,12H2,1-4H3/q+1. The van der Waals surface area contributed by atoms with Gasteiger partial charge in [0.25, 0.3) is 0 Å². The predicted molar refractivity (Wildman–Crippen MR) is 114 cm³/mol. The van der Waals surface area contributed by atoms with Crippen LogP contribution in [0.15, 0.2) is 54.7 Å². The van der Waals surface area contributed by atoms with Crippen molar-refractivity contribution in [2.75, 3.05) is 0 Å². The highest BCUT2D eigenvalue weighted by atomic mass is 15.0. The van der Waals surface area contributed by atoms with Crippen LogP contribution < -0.4 is 4.57 Å². The molecule has 2 aromatic heterocycles. The highest BCUT2D eigenvalue weighted by Crippen LogP contribution is 2.39. The second-order valence-electron chi connectivity index (χ2n) is 7.83. The predicted octanol–water partition coefficient (Wildman–Crippen LogP) is 4.53. The van der Waals surface area contributed by atoms with Crippen molar-refractivity contribution in [3.05, 3.63) is 83.1 Å². The molecule has 0 fully saturated rings. The van der Waals surface area contributed by atoms with E-state index in [0.717, 1.165) is 29.5 Å². The minimum Gasteiger partial charge on any atom is -0.219 e. The van der Waals surface area contributed by atoms with Crippen molar-refractivity contribution in [3.8, 4) is 33.8 Å². The van der Waals surface area contributed by atoms with Gasteiger partial charge in [-0.15, -0.1) is 0 Å². The van der Waals surface area contributed by atoms with Gasteiger partial charge < -0.3 is 0 Å². The Hall–Kier alpha value is -3.40. The van der Waals surface area contributed by atoms with Gasteiger partial charge in [0.05, 0.1) is 5.56 Å². The highest BCUT2D eigenvalue weighted by molar-refractivity contribution is 5.81. The van der Waals surface area contributed by atoms with Crippen molar-refractivity contribution < 1.29 is 4.57 Å². The smallest absolute Gasteiger partial charge is 0.212 e. The molecule has 2 heterocycles. The molecule has 0 radical (unpaired) electrons. The molecule has 0 amide bonds. The summed E-state index contributed by atoms with van der Waals surface area (Å²) >= 11 is 0. The number of pyridine rings is 1. The molecule has 0 aliphatic heterocycles. The van der Waals surface area contributed by atoms with E-state index in [9.17, 15) is 0 Å². The molecule has 5 rings (SSSR count). The molecule has 0 spiro atoms. The van der Waals surface area contributed by atoms with Gasteiger partial charge in [-0.05, 0) is 67.1 Å². The van der Waals surface area contributed by atoms with Gasteiger partial charge in [0.15, 0.2) is 12.0 Å². The van der Waals surface area contributed by atoms with Crippen LogP contribution in [-0.4, -0.2) is 15.0 Å². The SMILES string of the molecule is Cc1nc(C)nc(-c2ccc(-c3cc4c(cc3C)Cc3ccccc3-4)[n+](C)c2)n1. The molecule has 4 heteroatoms. The van der Waals surface area contributed by atoms with E-state index in [1.165, 1.54) is 39.1 Å². The van der Waals surface area contributed by atoms with E-state index in [0.29, 0.717) is 0 Å². The zero-order valence-corrected chi connectivity index (χ0v) is 17.2. The number of aromatic nitrogens is 4. The van der Waals surface area contributed by atoms with Crippen LogP contribution in [0.2, 0.25) is 0 Å². The zero-order chi connectivity index (χ0) is 20.1. The van der Waals surface area contributed by atoms with Crippen LogP contribution in [0.1, 0.15) is 28.3 Å². The number of hydrogen-bond donors (Lipinski definition) is 0. The first-order chi connectivity index (χ1) is 14.0. The minimum atomic E-state index is 0.719. The maximum atomic E-state index is 4.50. The molecule has 4 aromatic rings. The van der Waals surface area contributed by atoms with Crippen LogP contribution in [0.3, 0.4) is 0 Å². The first kappa shape index (κ1) is 17.7. The van der Waals surface area contributed by atoms with Gasteiger partial charge in [-0.3, -0.25) is 0 Å². The summed E-state index contributed by atoms with van der Waals surface area (Å²) < 4.78 is 2.17. The lowest BCUT2D eigenvalue weighted by Gasteiger charge is -2.10. The Balaban J connectivity index is 1.61. The maximum absolute atomic E-state index is 4.50. The maximum Gasteiger partial charge on any atom is 0.212 e. The van der Waals surface area contributed by atoms with Crippen LogP contribution >= 0.6 is 0 Å². The fraction of sp³-hybridized carbons (Fsp3) is 0.200. The molecule has 29 heavy (non-hydrogen) atoms. The molecule has 0 bridgehead atoms. The van der Waals surface area contributed by atoms with Crippen LogP contribution in [-0.2, 0) is 13.5 Å². The van der Waals surface area contributed by atoms with E-state index in [1.54, 1.807) is 0 Å². The second kappa shape index (κ2) is 6.59. The molecule has 1 aliphatic rings. The Bertz CT molecular complexity index is 1250. The molecular formula is C25H23N4+. The summed E-state index contributed by atoms with van der Waals surface area (Å²) in [5.74, 6) is 2.21. The summed E-state index contributed by atoms with van der Waals surface area (Å²) in [7, 11) is 2.08. The van der Waals surface area contributed by atoms with Gasteiger partial charge in [0.2, 0.25) is 5.69 Å². The normalized spacial score (nSPS) is 12.0. The van der Waals surface area contributed by atoms with Crippen LogP contribution in [0.4, 0.5) is 0 Å². The quantitative estimate of drug-likeness (QED) is 0.423. The lowest BCUT2D eigenvalue weighted by atomic mass is 9.96. The average Bonchev–Trinajstić information content (AvgIpc) is 3.04. The molecule has 1 aliphatic carbocycles. The molecule has 0 saturated carbocycles. The Morgan fingerprint density at radius 3 is 2.28 bits per heavy atom. The van der Waals surface area contributed by atoms with Crippen molar-refractivity contribution in [2.24, 2.45) is 7.05 Å². The molecule has 142 valence electrons. The molecular weight excluding hydrogens is 356 g/mol. The van der Waals surface area contributed by atoms with E-state index in [-0.39, 0.29) is 0 Å². The van der Waals surface area contributed by atoms with Gasteiger partial charge in [0, 0.05) is 11.6 Å². The van der Waals surface area contributed by atoms with Gasteiger partial charge in [-0.2, -0.15) is 0 Å². The third kappa shape index (κ3) is 3.01. The molecule has 0 unspecified atom stereocenters. The number of benzene rings is 2. The number of aryl methyl sites for hydroxylation is 4. The zero-order valence-electron chi connectivity index (χ0n) is 17.2. The van der Waals surface area contributed by atoms with E-state index in [1.807, 2.05) is 13.8 Å². The van der Waals surface area contributed by atoms with Gasteiger partial charge in [-0.25, -0.2) is 19.5 Å². The lowest BCUT2D eigenvalue weighted by molar-refractivity contribution is -0.659. The first-order valence-corrected chi connectivity index (χ1v) is 9.91. The molecule has 0 saturated heterocycles. The first-order valence-electron chi connectivity index (χ1n) is 9.91. The summed E-state index contributed by atoms with van der Waals surface area (Å²) in [5, 5.41) is 0. The van der Waals surface area contributed by atoms with Crippen molar-refractivity contribution in [1.82, 2.24) is 15.0 Å². The number of nitrogens with zero attached hydrogens (tertiary/aromatic N) is 4. The summed E-state index contributed by atoms with van der Waals surface area (Å²) in [4.78, 5) is 13.3. The van der Waals surface area contributed by atoms with Crippen LogP contribution in [0.25, 0.3) is 33.8 Å². The van der Waals surface area contributed by atoms with Gasteiger partial charge >= 0.3 is 0 Å². The highest BCUT2D eigenvalue weighted by Gasteiger charge is 2.22. The molecule has 0 N–H and O–H groups in total. The number of fused-ring (bicyclic) bond motifs is 3. The van der Waals surface area contributed by atoms with Crippen LogP contribution in [0.5, 0.6) is 0 Å². The number of rotatable bonds is 2. The summed E-state index contributed by atoms with van der Waals surface area (Å²) in [6.45, 7) is 6.00. The number of hydrogen-bond acceptors (Lipinski definition) is 3. The lowest BCUT2D eigenvalue weighted by Crippen LogP contribution is -2.31. The largest absolute Gasteiger partial charge is 0.219 e. The van der Waals surface area contributed by atoms with E-state index in [4.69, 9.17) is 0 Å². The monoisotopic (exact) mass is 379 g/mol. The van der Waals surface area contributed by atoms with E-state index < -0.39 is 0 Å². The third-order valence-corrected chi connectivity index (χ3v) is 5.67. The minimum absolute atomic E-state index is 0.719. The Labute approximate surface area is 171 Å². The molecule has 2 aromatic carbocycles. The topological polar surface area (TPSA) is 42.5 Å². The van der Waals surface area contributed by atoms with E-state index in [2.05, 4.69) is 88.2 Å².